The molecule has 0 saturated carbocycles. The molecule has 1 heterocycles. The Hall–Kier alpha value is -0.930. The van der Waals surface area contributed by atoms with Crippen molar-refractivity contribution in [2.75, 3.05) is 26.2 Å². The van der Waals surface area contributed by atoms with Crippen molar-refractivity contribution in [1.82, 2.24) is 4.90 Å². The van der Waals surface area contributed by atoms with E-state index < -0.39 is 0 Å². The zero-order valence-electron chi connectivity index (χ0n) is 10.3. The largest absolute Gasteiger partial charge is 0.396 e. The van der Waals surface area contributed by atoms with Gasteiger partial charge in [-0.25, -0.2) is 4.39 Å². The van der Waals surface area contributed by atoms with Gasteiger partial charge in [0.2, 0.25) is 0 Å². The first-order valence-electron chi connectivity index (χ1n) is 6.33. The second-order valence-electron chi connectivity index (χ2n) is 4.78. The van der Waals surface area contributed by atoms with Crippen LogP contribution in [0, 0.1) is 11.7 Å². The van der Waals surface area contributed by atoms with Crippen LogP contribution in [0.25, 0.3) is 0 Å². The Balaban J connectivity index is 2.12. The molecule has 0 aromatic heterocycles. The van der Waals surface area contributed by atoms with Crippen LogP contribution in [0.5, 0.6) is 0 Å². The van der Waals surface area contributed by atoms with Gasteiger partial charge in [0.25, 0.3) is 0 Å². The zero-order valence-corrected chi connectivity index (χ0v) is 10.3. The highest BCUT2D eigenvalue weighted by atomic mass is 19.1. The van der Waals surface area contributed by atoms with Crippen molar-refractivity contribution < 1.29 is 9.50 Å². The monoisotopic (exact) mass is 237 g/mol. The highest BCUT2D eigenvalue weighted by Crippen LogP contribution is 2.32. The lowest BCUT2D eigenvalue weighted by molar-refractivity contribution is 0.105. The van der Waals surface area contributed by atoms with Crippen LogP contribution in [-0.2, 0) is 0 Å². The number of hydrogen-bond acceptors (Lipinski definition) is 2. The van der Waals surface area contributed by atoms with Gasteiger partial charge in [0.15, 0.2) is 0 Å². The SMILES string of the molecule is CCN1CCC(c2ccc(F)cc2)C(CO)C1. The van der Waals surface area contributed by atoms with Crippen LogP contribution in [-0.4, -0.2) is 36.2 Å². The van der Waals surface area contributed by atoms with Crippen molar-refractivity contribution >= 4 is 0 Å². The number of benzene rings is 1. The molecule has 94 valence electrons. The Morgan fingerprint density at radius 3 is 2.65 bits per heavy atom. The summed E-state index contributed by atoms with van der Waals surface area (Å²) in [5.41, 5.74) is 1.15. The Morgan fingerprint density at radius 1 is 1.35 bits per heavy atom. The molecule has 2 atom stereocenters. The summed E-state index contributed by atoms with van der Waals surface area (Å²) < 4.78 is 12.9. The van der Waals surface area contributed by atoms with E-state index in [2.05, 4.69) is 11.8 Å². The average molecular weight is 237 g/mol. The second-order valence-corrected chi connectivity index (χ2v) is 4.78. The number of likely N-dealkylation sites (tertiary alicyclic amines) is 1. The van der Waals surface area contributed by atoms with E-state index in [9.17, 15) is 9.50 Å². The van der Waals surface area contributed by atoms with E-state index in [0.29, 0.717) is 5.92 Å². The predicted octanol–water partition coefficient (Wildman–Crippen LogP) is 2.24. The van der Waals surface area contributed by atoms with E-state index in [1.807, 2.05) is 12.1 Å². The van der Waals surface area contributed by atoms with E-state index >= 15 is 0 Å². The molecule has 0 aliphatic carbocycles. The van der Waals surface area contributed by atoms with Gasteiger partial charge in [0.1, 0.15) is 5.82 Å². The highest BCUT2D eigenvalue weighted by Gasteiger charge is 2.29. The van der Waals surface area contributed by atoms with E-state index in [0.717, 1.165) is 31.6 Å². The third-order valence-corrected chi connectivity index (χ3v) is 3.80. The molecule has 3 heteroatoms. The summed E-state index contributed by atoms with van der Waals surface area (Å²) in [5, 5.41) is 9.49. The Kier molecular flexibility index (Phi) is 4.13. The van der Waals surface area contributed by atoms with Crippen LogP contribution < -0.4 is 0 Å². The molecule has 2 unspecified atom stereocenters. The lowest BCUT2D eigenvalue weighted by Crippen LogP contribution is -2.40. The first-order chi connectivity index (χ1) is 8.24. The van der Waals surface area contributed by atoms with Gasteiger partial charge in [-0.05, 0) is 43.1 Å². The van der Waals surface area contributed by atoms with Gasteiger partial charge in [-0.15, -0.1) is 0 Å². The molecule has 1 N–H and O–H groups in total. The molecule has 1 saturated heterocycles. The molecule has 0 bridgehead atoms. The number of aliphatic hydroxyl groups excluding tert-OH is 1. The number of aliphatic hydroxyl groups is 1. The smallest absolute Gasteiger partial charge is 0.123 e. The number of nitrogens with zero attached hydrogens (tertiary/aromatic N) is 1. The molecule has 1 aliphatic heterocycles. The third-order valence-electron chi connectivity index (χ3n) is 3.80. The van der Waals surface area contributed by atoms with Gasteiger partial charge in [0, 0.05) is 19.1 Å². The first kappa shape index (κ1) is 12.5. The van der Waals surface area contributed by atoms with Crippen LogP contribution >= 0.6 is 0 Å². The van der Waals surface area contributed by atoms with Gasteiger partial charge < -0.3 is 10.0 Å². The van der Waals surface area contributed by atoms with Crippen molar-refractivity contribution in [1.29, 1.82) is 0 Å². The molecule has 2 nitrogen and oxygen atoms in total. The zero-order chi connectivity index (χ0) is 12.3. The molecule has 1 fully saturated rings. The molecule has 1 aromatic carbocycles. The van der Waals surface area contributed by atoms with Crippen molar-refractivity contribution in [3.8, 4) is 0 Å². The summed E-state index contributed by atoms with van der Waals surface area (Å²) in [6.07, 6.45) is 1.05. The van der Waals surface area contributed by atoms with Crippen LogP contribution in [0.15, 0.2) is 24.3 Å². The lowest BCUT2D eigenvalue weighted by atomic mass is 9.81. The number of halogens is 1. The van der Waals surface area contributed by atoms with Gasteiger partial charge in [-0.1, -0.05) is 19.1 Å². The fourth-order valence-corrected chi connectivity index (χ4v) is 2.73. The fraction of sp³-hybridized carbons (Fsp3) is 0.571. The van der Waals surface area contributed by atoms with Crippen LogP contribution in [0.4, 0.5) is 4.39 Å². The summed E-state index contributed by atoms with van der Waals surface area (Å²) in [5.74, 6) is 0.442. The lowest BCUT2D eigenvalue weighted by Gasteiger charge is -2.37. The van der Waals surface area contributed by atoms with Gasteiger partial charge in [-0.3, -0.25) is 0 Å². The number of rotatable bonds is 3. The van der Waals surface area contributed by atoms with E-state index in [1.165, 1.54) is 12.1 Å². The van der Waals surface area contributed by atoms with Crippen molar-refractivity contribution in [3.05, 3.63) is 35.6 Å². The summed E-state index contributed by atoms with van der Waals surface area (Å²) in [4.78, 5) is 2.36. The maximum absolute atomic E-state index is 12.9. The maximum Gasteiger partial charge on any atom is 0.123 e. The Morgan fingerprint density at radius 2 is 2.06 bits per heavy atom. The molecule has 2 rings (SSSR count). The fourth-order valence-electron chi connectivity index (χ4n) is 2.73. The van der Waals surface area contributed by atoms with Crippen LogP contribution in [0.3, 0.4) is 0 Å². The minimum Gasteiger partial charge on any atom is -0.396 e. The van der Waals surface area contributed by atoms with Gasteiger partial charge in [0.05, 0.1) is 0 Å². The molecule has 0 amide bonds. The summed E-state index contributed by atoms with van der Waals surface area (Å²) >= 11 is 0. The predicted molar refractivity (Wildman–Crippen MR) is 66.4 cm³/mol. The van der Waals surface area contributed by atoms with E-state index in [-0.39, 0.29) is 18.3 Å². The third kappa shape index (κ3) is 2.85. The van der Waals surface area contributed by atoms with Gasteiger partial charge >= 0.3 is 0 Å². The normalized spacial score (nSPS) is 26.1. The molecule has 17 heavy (non-hydrogen) atoms. The minimum absolute atomic E-state index is 0.194. The molecule has 1 aromatic rings. The molecule has 0 radical (unpaired) electrons. The Bertz CT molecular complexity index is 352. The minimum atomic E-state index is -0.194. The van der Waals surface area contributed by atoms with Crippen LogP contribution in [0.1, 0.15) is 24.8 Å². The quantitative estimate of drug-likeness (QED) is 0.871. The van der Waals surface area contributed by atoms with Crippen molar-refractivity contribution in [3.63, 3.8) is 0 Å². The second kappa shape index (κ2) is 5.61. The average Bonchev–Trinajstić information content (AvgIpc) is 2.39. The van der Waals surface area contributed by atoms with E-state index in [4.69, 9.17) is 0 Å². The number of hydrogen-bond donors (Lipinski definition) is 1. The van der Waals surface area contributed by atoms with Crippen molar-refractivity contribution in [2.24, 2.45) is 5.92 Å². The topological polar surface area (TPSA) is 23.5 Å². The van der Waals surface area contributed by atoms with Crippen molar-refractivity contribution in [2.45, 2.75) is 19.3 Å². The first-order valence-corrected chi connectivity index (χ1v) is 6.33. The molecule has 1 aliphatic rings. The van der Waals surface area contributed by atoms with E-state index in [1.54, 1.807) is 0 Å². The molecular formula is C14H20FNO. The maximum atomic E-state index is 12.9. The standard InChI is InChI=1S/C14H20FNO/c1-2-16-8-7-14(12(9-16)10-17)11-3-5-13(15)6-4-11/h3-6,12,14,17H,2,7-10H2,1H3. The summed E-state index contributed by atoms with van der Waals surface area (Å²) in [7, 11) is 0. The Labute approximate surface area is 102 Å². The summed E-state index contributed by atoms with van der Waals surface area (Å²) in [6, 6.07) is 6.72. The summed E-state index contributed by atoms with van der Waals surface area (Å²) in [6.45, 7) is 5.39. The number of piperidine rings is 1. The van der Waals surface area contributed by atoms with Crippen LogP contribution in [0.2, 0.25) is 0 Å². The molecule has 0 spiro atoms. The molecular weight excluding hydrogens is 217 g/mol. The highest BCUT2D eigenvalue weighted by molar-refractivity contribution is 5.22. The van der Waals surface area contributed by atoms with Gasteiger partial charge in [-0.2, -0.15) is 0 Å².